The van der Waals surface area contributed by atoms with Crippen LogP contribution in [0.4, 0.5) is 11.4 Å². The van der Waals surface area contributed by atoms with Gasteiger partial charge in [-0.2, -0.15) is 5.01 Å². The second-order valence-electron chi connectivity index (χ2n) is 13.7. The molecule has 4 aromatic carbocycles. The van der Waals surface area contributed by atoms with Crippen molar-refractivity contribution >= 4 is 57.6 Å². The number of fused-ring (bicyclic) bond motifs is 4. The first-order valence-electron chi connectivity index (χ1n) is 17.2. The van der Waals surface area contributed by atoms with Crippen LogP contribution in [0.3, 0.4) is 0 Å². The van der Waals surface area contributed by atoms with Gasteiger partial charge in [0.15, 0.2) is 0 Å². The molecule has 4 aliphatic rings. The highest BCUT2D eigenvalue weighted by Crippen LogP contribution is 2.65. The number of allylic oxidation sites excluding steroid dienone is 2. The third kappa shape index (κ3) is 5.21. The lowest BCUT2D eigenvalue weighted by atomic mass is 9.49. The first-order chi connectivity index (χ1) is 24.7. The average molecular weight is 794 g/mol. The lowest BCUT2D eigenvalue weighted by molar-refractivity contribution is -0.138. The fraction of sp³-hybridized carbons (Fsp3) is 0.268. The molecule has 6 atom stereocenters. The van der Waals surface area contributed by atoms with Gasteiger partial charge in [-0.1, -0.05) is 77.9 Å². The number of carbonyl (C=O) groups excluding carboxylic acids is 4. The maximum atomic E-state index is 15.3. The Morgan fingerprint density at radius 1 is 0.843 bits per heavy atom. The summed E-state index contributed by atoms with van der Waals surface area (Å²) in [5.41, 5.74) is 6.08. The van der Waals surface area contributed by atoms with E-state index < -0.39 is 46.8 Å². The largest absolute Gasteiger partial charge is 0.491 e. The van der Waals surface area contributed by atoms with Crippen molar-refractivity contribution in [3.05, 3.63) is 135 Å². The van der Waals surface area contributed by atoms with Crippen LogP contribution < -0.4 is 15.1 Å². The Labute approximate surface area is 309 Å². The van der Waals surface area contributed by atoms with Crippen molar-refractivity contribution in [2.75, 3.05) is 23.5 Å². The molecule has 3 fully saturated rings. The maximum Gasteiger partial charge on any atom is 0.260 e. The van der Waals surface area contributed by atoms with Gasteiger partial charge in [-0.25, -0.2) is 0 Å². The number of aliphatic hydroxyl groups excluding tert-OH is 1. The summed E-state index contributed by atoms with van der Waals surface area (Å²) in [7, 11) is 0. The third-order valence-corrected chi connectivity index (χ3v) is 11.8. The van der Waals surface area contributed by atoms with Crippen molar-refractivity contribution < 1.29 is 29.0 Å². The van der Waals surface area contributed by atoms with Gasteiger partial charge in [-0.3, -0.25) is 29.5 Å². The number of imide groups is 2. The van der Waals surface area contributed by atoms with E-state index in [1.165, 1.54) is 4.90 Å². The molecule has 9 nitrogen and oxygen atoms in total. The number of hydrogen-bond donors (Lipinski definition) is 2. The molecule has 6 unspecified atom stereocenters. The number of rotatable bonds is 8. The fourth-order valence-corrected chi connectivity index (χ4v) is 9.30. The number of aliphatic hydroxyl groups is 1. The Balaban J connectivity index is 1.32. The van der Waals surface area contributed by atoms with Crippen LogP contribution in [0.15, 0.2) is 115 Å². The van der Waals surface area contributed by atoms with Gasteiger partial charge in [-0.05, 0) is 96.3 Å². The highest BCUT2D eigenvalue weighted by atomic mass is 127. The Bertz CT molecular complexity index is 2070. The Hall–Kier alpha value is -4.81. The molecule has 0 aromatic heterocycles. The molecule has 2 heterocycles. The fourth-order valence-electron chi connectivity index (χ4n) is 8.94. The molecule has 4 aromatic rings. The SMILES string of the molecule is Cc1ccc(NN2C(=O)C3CC4C(=CCC5C(=O)N(c6ccc(I)cc6)C(=O)C54)C(c4ccccc4OCCO)C3(c3ccccc3)C2=O)cc1. The predicted octanol–water partition coefficient (Wildman–Crippen LogP) is 6.16. The number of amides is 4. The van der Waals surface area contributed by atoms with Crippen LogP contribution in [0.5, 0.6) is 5.75 Å². The number of nitrogens with one attached hydrogen (secondary N) is 1. The van der Waals surface area contributed by atoms with Crippen molar-refractivity contribution in [3.8, 4) is 5.75 Å². The Morgan fingerprint density at radius 3 is 2.27 bits per heavy atom. The quantitative estimate of drug-likeness (QED) is 0.125. The molecular formula is C41H36IN3O6. The van der Waals surface area contributed by atoms with Crippen molar-refractivity contribution in [2.24, 2.45) is 23.7 Å². The van der Waals surface area contributed by atoms with Crippen LogP contribution in [-0.2, 0) is 24.6 Å². The summed E-state index contributed by atoms with van der Waals surface area (Å²) in [6.45, 7) is 1.79. The number of anilines is 2. The third-order valence-electron chi connectivity index (χ3n) is 11.1. The maximum absolute atomic E-state index is 15.3. The minimum Gasteiger partial charge on any atom is -0.491 e. The zero-order chi connectivity index (χ0) is 35.4. The predicted molar refractivity (Wildman–Crippen MR) is 199 cm³/mol. The van der Waals surface area contributed by atoms with Gasteiger partial charge in [0.2, 0.25) is 11.8 Å². The molecule has 51 heavy (non-hydrogen) atoms. The summed E-state index contributed by atoms with van der Waals surface area (Å²) in [5.74, 6) is -4.25. The highest BCUT2D eigenvalue weighted by molar-refractivity contribution is 14.1. The van der Waals surface area contributed by atoms with Crippen LogP contribution in [-0.4, -0.2) is 47.0 Å². The number of nitrogens with zero attached hydrogens (tertiary/aromatic N) is 2. The number of hydrogen-bond acceptors (Lipinski definition) is 7. The molecule has 10 heteroatoms. The molecule has 2 saturated heterocycles. The van der Waals surface area contributed by atoms with E-state index in [2.05, 4.69) is 28.0 Å². The summed E-state index contributed by atoms with van der Waals surface area (Å²) in [4.78, 5) is 60.1. The van der Waals surface area contributed by atoms with Crippen molar-refractivity contribution in [1.82, 2.24) is 5.01 Å². The van der Waals surface area contributed by atoms with Gasteiger partial charge in [0.1, 0.15) is 12.4 Å². The molecule has 0 radical (unpaired) electrons. The first-order valence-corrected chi connectivity index (χ1v) is 18.3. The van der Waals surface area contributed by atoms with Gasteiger partial charge in [0.05, 0.1) is 41.2 Å². The summed E-state index contributed by atoms with van der Waals surface area (Å²) >= 11 is 2.19. The standard InChI is InChI=1S/C41H36IN3O6/c1-24-11-15-27(16-12-24)43-45-38(48)33-23-32-29(19-20-31-35(32)39(49)44(37(31)47)28-17-13-26(42)14-18-28)36(30-9-5-6-10-34(30)51-22-21-46)41(33,40(45)50)25-7-3-2-4-8-25/h2-19,31-33,35-36,43,46H,20-23H2,1H3. The first kappa shape index (κ1) is 33.3. The second-order valence-corrected chi connectivity index (χ2v) is 14.9. The molecule has 2 N–H and O–H groups in total. The number of ether oxygens (including phenoxy) is 1. The van der Waals surface area contributed by atoms with Gasteiger partial charge < -0.3 is 9.84 Å². The zero-order valence-electron chi connectivity index (χ0n) is 27.9. The van der Waals surface area contributed by atoms with Gasteiger partial charge in [0, 0.05) is 15.1 Å². The minimum absolute atomic E-state index is 0.0324. The topological polar surface area (TPSA) is 116 Å². The second kappa shape index (κ2) is 13.1. The summed E-state index contributed by atoms with van der Waals surface area (Å²) in [5, 5.41) is 10.9. The van der Waals surface area contributed by atoms with E-state index in [-0.39, 0.29) is 31.4 Å². The molecule has 0 bridgehead atoms. The highest BCUT2D eigenvalue weighted by Gasteiger charge is 2.70. The number of halogens is 1. The summed E-state index contributed by atoms with van der Waals surface area (Å²) in [6.07, 6.45) is 2.56. The van der Waals surface area contributed by atoms with Gasteiger partial charge >= 0.3 is 0 Å². The van der Waals surface area contributed by atoms with E-state index in [1.54, 1.807) is 18.2 Å². The van der Waals surface area contributed by atoms with Crippen molar-refractivity contribution in [1.29, 1.82) is 0 Å². The lowest BCUT2D eigenvalue weighted by Gasteiger charge is -2.50. The van der Waals surface area contributed by atoms with Gasteiger partial charge in [0.25, 0.3) is 11.8 Å². The molecule has 2 aliphatic heterocycles. The molecule has 0 spiro atoms. The van der Waals surface area contributed by atoms with E-state index in [0.29, 0.717) is 34.7 Å². The van der Waals surface area contributed by atoms with Crippen LogP contribution in [0.1, 0.15) is 35.4 Å². The minimum atomic E-state index is -1.41. The summed E-state index contributed by atoms with van der Waals surface area (Å²) in [6, 6.07) is 31.6. The zero-order valence-corrected chi connectivity index (χ0v) is 30.0. The smallest absolute Gasteiger partial charge is 0.260 e. The van der Waals surface area contributed by atoms with E-state index in [1.807, 2.05) is 97.9 Å². The number of carbonyl (C=O) groups is 4. The average Bonchev–Trinajstić information content (AvgIpc) is 3.53. The summed E-state index contributed by atoms with van der Waals surface area (Å²) < 4.78 is 7.11. The van der Waals surface area contributed by atoms with Crippen LogP contribution in [0.2, 0.25) is 0 Å². The molecule has 2 aliphatic carbocycles. The van der Waals surface area contributed by atoms with Gasteiger partial charge in [-0.15, -0.1) is 0 Å². The Kier molecular flexibility index (Phi) is 8.54. The van der Waals surface area contributed by atoms with E-state index in [9.17, 15) is 19.5 Å². The number of hydrazine groups is 1. The molecule has 258 valence electrons. The number of benzene rings is 4. The van der Waals surface area contributed by atoms with Crippen molar-refractivity contribution in [2.45, 2.75) is 31.1 Å². The number of para-hydroxylation sites is 1. The molecular weight excluding hydrogens is 757 g/mol. The monoisotopic (exact) mass is 793 g/mol. The van der Waals surface area contributed by atoms with E-state index in [4.69, 9.17) is 4.74 Å². The van der Waals surface area contributed by atoms with Crippen LogP contribution in [0, 0.1) is 34.2 Å². The normalized spacial score (nSPS) is 26.8. The molecule has 1 saturated carbocycles. The van der Waals surface area contributed by atoms with Crippen LogP contribution >= 0.6 is 22.6 Å². The number of aryl methyl sites for hydroxylation is 1. The molecule has 8 rings (SSSR count). The lowest BCUT2D eigenvalue weighted by Crippen LogP contribution is -2.53. The molecule has 4 amide bonds. The van der Waals surface area contributed by atoms with E-state index >= 15 is 4.79 Å². The van der Waals surface area contributed by atoms with Crippen LogP contribution in [0.25, 0.3) is 0 Å². The van der Waals surface area contributed by atoms with E-state index in [0.717, 1.165) is 19.7 Å². The Morgan fingerprint density at radius 2 is 1.55 bits per heavy atom. The van der Waals surface area contributed by atoms with Crippen molar-refractivity contribution in [3.63, 3.8) is 0 Å².